The Balaban J connectivity index is 2.18. The highest BCUT2D eigenvalue weighted by molar-refractivity contribution is 9.10. The number of hydrogen-bond acceptors (Lipinski definition) is 2. The molecule has 0 atom stereocenters. The summed E-state index contributed by atoms with van der Waals surface area (Å²) in [4.78, 5) is 2.02. The SMILES string of the molecule is Cc1ccc(CNc2cccc(Cl)c2N(C)C)cc1Br. The van der Waals surface area contributed by atoms with Crippen LogP contribution in [0.5, 0.6) is 0 Å². The van der Waals surface area contributed by atoms with Gasteiger partial charge in [-0.1, -0.05) is 45.7 Å². The van der Waals surface area contributed by atoms with Gasteiger partial charge in [-0.2, -0.15) is 0 Å². The largest absolute Gasteiger partial charge is 0.379 e. The van der Waals surface area contributed by atoms with E-state index in [9.17, 15) is 0 Å². The summed E-state index contributed by atoms with van der Waals surface area (Å²) < 4.78 is 1.13. The molecule has 0 saturated heterocycles. The molecule has 0 aliphatic carbocycles. The first-order valence-electron chi connectivity index (χ1n) is 6.44. The highest BCUT2D eigenvalue weighted by Crippen LogP contribution is 2.32. The summed E-state index contributed by atoms with van der Waals surface area (Å²) >= 11 is 9.83. The standard InChI is InChI=1S/C16H18BrClN2/c1-11-7-8-12(9-13(11)17)10-19-15-6-4-5-14(18)16(15)20(2)3/h4-9,19H,10H2,1-3H3. The molecule has 0 amide bonds. The maximum absolute atomic E-state index is 6.26. The molecule has 2 rings (SSSR count). The van der Waals surface area contributed by atoms with Crippen LogP contribution >= 0.6 is 27.5 Å². The van der Waals surface area contributed by atoms with Crippen LogP contribution in [0.15, 0.2) is 40.9 Å². The van der Waals surface area contributed by atoms with Gasteiger partial charge in [0, 0.05) is 25.1 Å². The van der Waals surface area contributed by atoms with Gasteiger partial charge in [-0.25, -0.2) is 0 Å². The van der Waals surface area contributed by atoms with Crippen LogP contribution in [0.25, 0.3) is 0 Å². The Hall–Kier alpha value is -1.19. The minimum absolute atomic E-state index is 0.755. The number of hydrogen-bond donors (Lipinski definition) is 1. The fourth-order valence-corrected chi connectivity index (χ4v) is 2.83. The van der Waals surface area contributed by atoms with Gasteiger partial charge < -0.3 is 10.2 Å². The number of nitrogens with zero attached hydrogens (tertiary/aromatic N) is 1. The van der Waals surface area contributed by atoms with Gasteiger partial charge in [0.1, 0.15) is 0 Å². The number of halogens is 2. The van der Waals surface area contributed by atoms with Crippen LogP contribution in [0.3, 0.4) is 0 Å². The molecule has 2 aromatic carbocycles. The van der Waals surface area contributed by atoms with Gasteiger partial charge >= 0.3 is 0 Å². The summed E-state index contributed by atoms with van der Waals surface area (Å²) in [5, 5.41) is 4.21. The van der Waals surface area contributed by atoms with Gasteiger partial charge in [0.05, 0.1) is 16.4 Å². The lowest BCUT2D eigenvalue weighted by atomic mass is 10.1. The predicted octanol–water partition coefficient (Wildman–Crippen LogP) is 5.09. The van der Waals surface area contributed by atoms with E-state index in [1.807, 2.05) is 37.2 Å². The molecule has 2 nitrogen and oxygen atoms in total. The van der Waals surface area contributed by atoms with E-state index in [4.69, 9.17) is 11.6 Å². The van der Waals surface area contributed by atoms with Crippen LogP contribution in [0.2, 0.25) is 5.02 Å². The third-order valence-corrected chi connectivity index (χ3v) is 4.31. The third kappa shape index (κ3) is 3.47. The second kappa shape index (κ2) is 6.51. The topological polar surface area (TPSA) is 15.3 Å². The first-order chi connectivity index (χ1) is 9.49. The van der Waals surface area contributed by atoms with Gasteiger partial charge in [-0.05, 0) is 36.2 Å². The van der Waals surface area contributed by atoms with Crippen LogP contribution in [0.1, 0.15) is 11.1 Å². The van der Waals surface area contributed by atoms with Crippen LogP contribution in [0, 0.1) is 6.92 Å². The van der Waals surface area contributed by atoms with Crippen molar-refractivity contribution in [2.45, 2.75) is 13.5 Å². The average Bonchev–Trinajstić information content (AvgIpc) is 2.39. The predicted molar refractivity (Wildman–Crippen MR) is 92.0 cm³/mol. The van der Waals surface area contributed by atoms with Gasteiger partial charge in [-0.15, -0.1) is 0 Å². The molecule has 0 radical (unpaired) electrons. The van der Waals surface area contributed by atoms with Crippen molar-refractivity contribution in [3.8, 4) is 0 Å². The minimum Gasteiger partial charge on any atom is -0.379 e. The van der Waals surface area contributed by atoms with E-state index in [1.54, 1.807) is 0 Å². The average molecular weight is 354 g/mol. The van der Waals surface area contributed by atoms with E-state index in [0.29, 0.717) is 0 Å². The fourth-order valence-electron chi connectivity index (χ4n) is 2.06. The molecule has 4 heteroatoms. The normalized spacial score (nSPS) is 10.4. The lowest BCUT2D eigenvalue weighted by molar-refractivity contribution is 1.10. The molecule has 0 aliphatic rings. The van der Waals surface area contributed by atoms with Crippen molar-refractivity contribution in [3.63, 3.8) is 0 Å². The highest BCUT2D eigenvalue weighted by atomic mass is 79.9. The number of benzene rings is 2. The Morgan fingerprint density at radius 1 is 1.20 bits per heavy atom. The maximum Gasteiger partial charge on any atom is 0.0786 e. The lowest BCUT2D eigenvalue weighted by Gasteiger charge is -2.20. The van der Waals surface area contributed by atoms with E-state index in [2.05, 4.69) is 46.4 Å². The summed E-state index contributed by atoms with van der Waals surface area (Å²) in [5.41, 5.74) is 4.53. The Morgan fingerprint density at radius 3 is 2.60 bits per heavy atom. The van der Waals surface area contributed by atoms with Gasteiger partial charge in [0.25, 0.3) is 0 Å². The molecule has 0 spiro atoms. The molecular formula is C16H18BrClN2. The number of anilines is 2. The van der Waals surface area contributed by atoms with E-state index in [1.165, 1.54) is 11.1 Å². The molecule has 20 heavy (non-hydrogen) atoms. The van der Waals surface area contributed by atoms with Crippen LogP contribution in [0.4, 0.5) is 11.4 Å². The van der Waals surface area contributed by atoms with E-state index in [-0.39, 0.29) is 0 Å². The van der Waals surface area contributed by atoms with Crippen molar-refractivity contribution >= 4 is 38.9 Å². The van der Waals surface area contributed by atoms with Crippen molar-refractivity contribution in [1.29, 1.82) is 0 Å². The molecular weight excluding hydrogens is 336 g/mol. The third-order valence-electron chi connectivity index (χ3n) is 3.15. The molecule has 2 aromatic rings. The molecule has 0 aliphatic heterocycles. The van der Waals surface area contributed by atoms with E-state index >= 15 is 0 Å². The molecule has 0 fully saturated rings. The molecule has 0 unspecified atom stereocenters. The van der Waals surface area contributed by atoms with E-state index in [0.717, 1.165) is 27.4 Å². The van der Waals surface area contributed by atoms with Crippen molar-refractivity contribution in [3.05, 3.63) is 57.0 Å². The molecule has 0 bridgehead atoms. The lowest BCUT2D eigenvalue weighted by Crippen LogP contribution is -2.12. The quantitative estimate of drug-likeness (QED) is 0.823. The number of para-hydroxylation sites is 1. The molecule has 0 aromatic heterocycles. The zero-order chi connectivity index (χ0) is 14.7. The van der Waals surface area contributed by atoms with Crippen LogP contribution < -0.4 is 10.2 Å². The van der Waals surface area contributed by atoms with Crippen LogP contribution in [-0.2, 0) is 6.54 Å². The van der Waals surface area contributed by atoms with Crippen molar-refractivity contribution in [1.82, 2.24) is 0 Å². The van der Waals surface area contributed by atoms with Crippen molar-refractivity contribution < 1.29 is 0 Å². The van der Waals surface area contributed by atoms with Gasteiger partial charge in [0.15, 0.2) is 0 Å². The van der Waals surface area contributed by atoms with Crippen LogP contribution in [-0.4, -0.2) is 14.1 Å². The molecule has 0 heterocycles. The summed E-state index contributed by atoms with van der Waals surface area (Å²) in [5.74, 6) is 0. The minimum atomic E-state index is 0.755. The zero-order valence-corrected chi connectivity index (χ0v) is 14.2. The number of aryl methyl sites for hydroxylation is 1. The van der Waals surface area contributed by atoms with Crippen molar-refractivity contribution in [2.24, 2.45) is 0 Å². The van der Waals surface area contributed by atoms with Gasteiger partial charge in [0.2, 0.25) is 0 Å². The molecule has 106 valence electrons. The zero-order valence-electron chi connectivity index (χ0n) is 11.9. The Morgan fingerprint density at radius 2 is 1.95 bits per heavy atom. The maximum atomic E-state index is 6.26. The van der Waals surface area contributed by atoms with E-state index < -0.39 is 0 Å². The van der Waals surface area contributed by atoms with Crippen molar-refractivity contribution in [2.75, 3.05) is 24.3 Å². The molecule has 1 N–H and O–H groups in total. The first-order valence-corrected chi connectivity index (χ1v) is 7.61. The Kier molecular flexibility index (Phi) is 4.95. The highest BCUT2D eigenvalue weighted by Gasteiger charge is 2.08. The fraction of sp³-hybridized carbons (Fsp3) is 0.250. The second-order valence-corrected chi connectivity index (χ2v) is 6.23. The smallest absolute Gasteiger partial charge is 0.0786 e. The molecule has 0 saturated carbocycles. The summed E-state index contributed by atoms with van der Waals surface area (Å²) in [6.07, 6.45) is 0. The Labute approximate surface area is 133 Å². The first kappa shape index (κ1) is 15.2. The number of nitrogens with one attached hydrogen (secondary N) is 1. The summed E-state index contributed by atoms with van der Waals surface area (Å²) in [6, 6.07) is 12.3. The Bertz CT molecular complexity index is 611. The monoisotopic (exact) mass is 352 g/mol. The summed E-state index contributed by atoms with van der Waals surface area (Å²) in [6.45, 7) is 2.85. The second-order valence-electron chi connectivity index (χ2n) is 4.97. The summed E-state index contributed by atoms with van der Waals surface area (Å²) in [7, 11) is 3.99. The number of rotatable bonds is 4. The van der Waals surface area contributed by atoms with Gasteiger partial charge in [-0.3, -0.25) is 0 Å².